The third kappa shape index (κ3) is 7.45. The van der Waals surface area contributed by atoms with E-state index in [1.807, 2.05) is 0 Å². The third-order valence-corrected chi connectivity index (χ3v) is 0.599. The fraction of sp³-hybridized carbons (Fsp3) is 0.200. The molecule has 0 aromatic heterocycles. The molecule has 0 aliphatic rings. The fourth-order valence-electron chi connectivity index (χ4n) is 0.235. The molecule has 0 aliphatic carbocycles. The second-order valence-corrected chi connectivity index (χ2v) is 1.32. The summed E-state index contributed by atoms with van der Waals surface area (Å²) in [7, 11) is 0. The van der Waals surface area contributed by atoms with E-state index in [9.17, 15) is 9.59 Å². The van der Waals surface area contributed by atoms with Crippen LogP contribution in [0.1, 0.15) is 0 Å². The van der Waals surface area contributed by atoms with Gasteiger partial charge in [0.25, 0.3) is 0 Å². The average Bonchev–Trinajstić information content (AvgIpc) is 1.83. The molecule has 0 saturated carbocycles. The van der Waals surface area contributed by atoms with E-state index in [4.69, 9.17) is 5.11 Å². The maximum Gasteiger partial charge on any atom is 0.322 e. The molecule has 5 heteroatoms. The minimum Gasteiger partial charge on any atom is -0.480 e. The van der Waals surface area contributed by atoms with E-state index >= 15 is 0 Å². The molecule has 0 unspecified atom stereocenters. The molecule has 52 valence electrons. The number of carbonyl (C=O) groups is 2. The van der Waals surface area contributed by atoms with E-state index in [0.29, 0.717) is 0 Å². The van der Waals surface area contributed by atoms with E-state index in [0.717, 1.165) is 6.08 Å². The van der Waals surface area contributed by atoms with E-state index in [2.05, 4.69) is 11.9 Å². The number of carboxylic acid groups (broad SMARTS) is 1. The van der Waals surface area contributed by atoms with Gasteiger partial charge in [0, 0.05) is 23.1 Å². The highest BCUT2D eigenvalue weighted by molar-refractivity contribution is 5.89. The second kappa shape index (κ2) is 6.56. The summed E-state index contributed by atoms with van der Waals surface area (Å²) in [4.78, 5) is 20.0. The van der Waals surface area contributed by atoms with Gasteiger partial charge in [0.1, 0.15) is 6.54 Å². The molecule has 0 aromatic carbocycles. The van der Waals surface area contributed by atoms with Crippen LogP contribution in [-0.2, 0) is 9.59 Å². The van der Waals surface area contributed by atoms with Crippen molar-refractivity contribution in [3.63, 3.8) is 0 Å². The number of carbonyl (C=O) groups excluding carboxylic acids is 1. The summed E-state index contributed by atoms with van der Waals surface area (Å²) in [6.45, 7) is 2.78. The van der Waals surface area contributed by atoms with Crippen LogP contribution in [0, 0.1) is 0 Å². The molecule has 1 amide bonds. The predicted molar refractivity (Wildman–Crippen MR) is 36.6 cm³/mol. The van der Waals surface area contributed by atoms with Gasteiger partial charge >= 0.3 is 5.97 Å². The molecule has 2 N–H and O–H groups in total. The number of carboxylic acids is 1. The lowest BCUT2D eigenvalue weighted by Gasteiger charge is -1.93. The molecule has 0 rings (SSSR count). The summed E-state index contributed by atoms with van der Waals surface area (Å²) in [5, 5.41) is 10.1. The zero-order chi connectivity index (χ0) is 7.28. The molecule has 10 heavy (non-hydrogen) atoms. The van der Waals surface area contributed by atoms with Crippen molar-refractivity contribution in [3.05, 3.63) is 12.7 Å². The lowest BCUT2D eigenvalue weighted by molar-refractivity contribution is -0.137. The standard InChI is InChI=1S/C5H7NO3.Mg/c1-2-4(7)6-3-5(8)9;/h2H,1,3H2,(H,6,7)(H,8,9);. The Morgan fingerprint density at radius 3 is 2.40 bits per heavy atom. The lowest BCUT2D eigenvalue weighted by atomic mass is 10.5. The first-order chi connectivity index (χ1) is 4.16. The van der Waals surface area contributed by atoms with E-state index in [-0.39, 0.29) is 29.6 Å². The summed E-state index contributed by atoms with van der Waals surface area (Å²) in [5.74, 6) is -1.54. The number of hydrogen-bond acceptors (Lipinski definition) is 2. The van der Waals surface area contributed by atoms with Crippen molar-refractivity contribution in [2.45, 2.75) is 0 Å². The van der Waals surface area contributed by atoms with Gasteiger partial charge in [-0.25, -0.2) is 0 Å². The van der Waals surface area contributed by atoms with Gasteiger partial charge in [-0.05, 0) is 6.08 Å². The number of hydrogen-bond donors (Lipinski definition) is 2. The van der Waals surface area contributed by atoms with Gasteiger partial charge in [-0.15, -0.1) is 0 Å². The fourth-order valence-corrected chi connectivity index (χ4v) is 0.235. The maximum absolute atomic E-state index is 10.2. The van der Waals surface area contributed by atoms with Crippen LogP contribution in [0.3, 0.4) is 0 Å². The molecule has 0 fully saturated rings. The number of nitrogens with one attached hydrogen (secondary N) is 1. The van der Waals surface area contributed by atoms with Gasteiger partial charge in [-0.1, -0.05) is 6.58 Å². The molecule has 0 aromatic rings. The Hall–Kier alpha value is -0.554. The van der Waals surface area contributed by atoms with Crippen LogP contribution in [-0.4, -0.2) is 46.6 Å². The van der Waals surface area contributed by atoms with Gasteiger partial charge in [0.15, 0.2) is 0 Å². The molecule has 0 heterocycles. The van der Waals surface area contributed by atoms with E-state index in [1.54, 1.807) is 0 Å². The topological polar surface area (TPSA) is 66.4 Å². The molecule has 0 spiro atoms. The van der Waals surface area contributed by atoms with Gasteiger partial charge in [-0.3, -0.25) is 9.59 Å². The first-order valence-corrected chi connectivity index (χ1v) is 2.29. The summed E-state index contributed by atoms with van der Waals surface area (Å²) in [5.41, 5.74) is 0. The van der Waals surface area contributed by atoms with Crippen LogP contribution in [0.25, 0.3) is 0 Å². The molecule has 2 radical (unpaired) electrons. The summed E-state index contributed by atoms with van der Waals surface area (Å²) < 4.78 is 0. The molecule has 0 bridgehead atoms. The Kier molecular flexibility index (Phi) is 7.98. The Morgan fingerprint density at radius 2 is 2.10 bits per heavy atom. The molecular weight excluding hydrogens is 146 g/mol. The minimum absolute atomic E-state index is 0. The van der Waals surface area contributed by atoms with E-state index < -0.39 is 11.9 Å². The second-order valence-electron chi connectivity index (χ2n) is 1.32. The quantitative estimate of drug-likeness (QED) is 0.403. The lowest BCUT2D eigenvalue weighted by Crippen LogP contribution is -2.27. The van der Waals surface area contributed by atoms with Gasteiger partial charge in [0.05, 0.1) is 0 Å². The average molecular weight is 153 g/mol. The first kappa shape index (κ1) is 12.2. The van der Waals surface area contributed by atoms with Gasteiger partial charge in [0.2, 0.25) is 5.91 Å². The molecule has 0 saturated heterocycles. The molecule has 0 aliphatic heterocycles. The van der Waals surface area contributed by atoms with Crippen molar-refractivity contribution in [1.82, 2.24) is 5.32 Å². The highest BCUT2D eigenvalue weighted by Gasteiger charge is 1.96. The monoisotopic (exact) mass is 153 g/mol. The Labute approximate surface area is 74.4 Å². The molecular formula is C5H7MgNO3. The van der Waals surface area contributed by atoms with Crippen molar-refractivity contribution in [2.24, 2.45) is 0 Å². The number of rotatable bonds is 3. The van der Waals surface area contributed by atoms with Gasteiger partial charge < -0.3 is 10.4 Å². The van der Waals surface area contributed by atoms with Crippen LogP contribution in [0.2, 0.25) is 0 Å². The van der Waals surface area contributed by atoms with Crippen LogP contribution in [0.4, 0.5) is 0 Å². The van der Waals surface area contributed by atoms with Crippen LogP contribution >= 0.6 is 0 Å². The van der Waals surface area contributed by atoms with Crippen LogP contribution in [0.15, 0.2) is 12.7 Å². The SMILES string of the molecule is C=CC(=O)NCC(=O)O.[Mg]. The highest BCUT2D eigenvalue weighted by atomic mass is 24.3. The molecule has 4 nitrogen and oxygen atoms in total. The van der Waals surface area contributed by atoms with Crippen molar-refractivity contribution >= 4 is 34.9 Å². The zero-order valence-corrected chi connectivity index (χ0v) is 6.88. The van der Waals surface area contributed by atoms with Crippen LogP contribution < -0.4 is 5.32 Å². The minimum atomic E-state index is -1.06. The Morgan fingerprint density at radius 1 is 1.60 bits per heavy atom. The van der Waals surface area contributed by atoms with Crippen LogP contribution in [0.5, 0.6) is 0 Å². The number of aliphatic carboxylic acids is 1. The summed E-state index contributed by atoms with van der Waals surface area (Å²) in [6, 6.07) is 0. The normalized spacial score (nSPS) is 7.20. The number of amides is 1. The predicted octanol–water partition coefficient (Wildman–Crippen LogP) is -1.01. The smallest absolute Gasteiger partial charge is 0.322 e. The van der Waals surface area contributed by atoms with Crippen molar-refractivity contribution in [1.29, 1.82) is 0 Å². The molecule has 0 atom stereocenters. The Bertz CT molecular complexity index is 146. The van der Waals surface area contributed by atoms with Gasteiger partial charge in [-0.2, -0.15) is 0 Å². The largest absolute Gasteiger partial charge is 0.480 e. The van der Waals surface area contributed by atoms with Crippen molar-refractivity contribution in [2.75, 3.05) is 6.54 Å². The summed E-state index contributed by atoms with van der Waals surface area (Å²) >= 11 is 0. The Balaban J connectivity index is 0. The highest BCUT2D eigenvalue weighted by Crippen LogP contribution is 1.65. The summed E-state index contributed by atoms with van der Waals surface area (Å²) in [6.07, 6.45) is 1.02. The third-order valence-electron chi connectivity index (χ3n) is 0.599. The first-order valence-electron chi connectivity index (χ1n) is 2.29. The zero-order valence-electron chi connectivity index (χ0n) is 5.46. The van der Waals surface area contributed by atoms with Crippen molar-refractivity contribution in [3.8, 4) is 0 Å². The van der Waals surface area contributed by atoms with E-state index in [1.165, 1.54) is 0 Å². The van der Waals surface area contributed by atoms with Crippen molar-refractivity contribution < 1.29 is 14.7 Å². The maximum atomic E-state index is 10.2.